The first-order valence-corrected chi connectivity index (χ1v) is 7.78. The van der Waals surface area contributed by atoms with Crippen LogP contribution < -0.4 is 14.8 Å². The standard InChI is InChI=1S/C17H27NO3/c1-12(18-15-7-5-4-6-14(15)11-19)13-8-9-16(20-2)17(10-13)21-3/h8-10,12,14-15,18-19H,4-7,11H2,1-3H3. The highest BCUT2D eigenvalue weighted by atomic mass is 16.5. The average Bonchev–Trinajstić information content (AvgIpc) is 2.54. The fourth-order valence-electron chi connectivity index (χ4n) is 3.19. The maximum Gasteiger partial charge on any atom is 0.161 e. The summed E-state index contributed by atoms with van der Waals surface area (Å²) in [5, 5.41) is 13.2. The van der Waals surface area contributed by atoms with Crippen LogP contribution in [0.2, 0.25) is 0 Å². The van der Waals surface area contributed by atoms with E-state index >= 15 is 0 Å². The van der Waals surface area contributed by atoms with Gasteiger partial charge in [-0.1, -0.05) is 18.9 Å². The van der Waals surface area contributed by atoms with Crippen molar-refractivity contribution in [2.75, 3.05) is 20.8 Å². The molecule has 0 aromatic heterocycles. The number of ether oxygens (including phenoxy) is 2. The summed E-state index contributed by atoms with van der Waals surface area (Å²) in [6.07, 6.45) is 4.73. The van der Waals surface area contributed by atoms with Crippen LogP contribution in [-0.2, 0) is 0 Å². The van der Waals surface area contributed by atoms with Crippen molar-refractivity contribution in [2.45, 2.75) is 44.7 Å². The van der Waals surface area contributed by atoms with Gasteiger partial charge in [0.05, 0.1) is 14.2 Å². The van der Waals surface area contributed by atoms with Crippen LogP contribution in [0.1, 0.15) is 44.2 Å². The third-order valence-corrected chi connectivity index (χ3v) is 4.52. The molecule has 0 saturated heterocycles. The van der Waals surface area contributed by atoms with E-state index in [9.17, 15) is 5.11 Å². The Hall–Kier alpha value is -1.26. The van der Waals surface area contributed by atoms with Gasteiger partial charge in [0.1, 0.15) is 0 Å². The van der Waals surface area contributed by atoms with Crippen molar-refractivity contribution in [1.82, 2.24) is 5.32 Å². The fourth-order valence-corrected chi connectivity index (χ4v) is 3.19. The van der Waals surface area contributed by atoms with Crippen LogP contribution in [0.3, 0.4) is 0 Å². The van der Waals surface area contributed by atoms with Gasteiger partial charge in [0.25, 0.3) is 0 Å². The Morgan fingerprint density at radius 2 is 1.90 bits per heavy atom. The molecule has 0 spiro atoms. The quantitative estimate of drug-likeness (QED) is 0.847. The van der Waals surface area contributed by atoms with E-state index in [4.69, 9.17) is 9.47 Å². The lowest BCUT2D eigenvalue weighted by Gasteiger charge is -2.33. The van der Waals surface area contributed by atoms with Crippen molar-refractivity contribution in [2.24, 2.45) is 5.92 Å². The number of methoxy groups -OCH3 is 2. The molecule has 0 radical (unpaired) electrons. The van der Waals surface area contributed by atoms with Gasteiger partial charge < -0.3 is 19.9 Å². The van der Waals surface area contributed by atoms with Crippen molar-refractivity contribution in [3.8, 4) is 11.5 Å². The van der Waals surface area contributed by atoms with Crippen molar-refractivity contribution in [3.05, 3.63) is 23.8 Å². The lowest BCUT2D eigenvalue weighted by molar-refractivity contribution is 0.147. The van der Waals surface area contributed by atoms with Crippen LogP contribution >= 0.6 is 0 Å². The number of benzene rings is 1. The summed E-state index contributed by atoms with van der Waals surface area (Å²) in [4.78, 5) is 0. The zero-order chi connectivity index (χ0) is 15.2. The number of hydrogen-bond acceptors (Lipinski definition) is 4. The predicted octanol–water partition coefficient (Wildman–Crippen LogP) is 2.91. The second kappa shape index (κ2) is 7.66. The third-order valence-electron chi connectivity index (χ3n) is 4.52. The molecule has 1 aromatic carbocycles. The van der Waals surface area contributed by atoms with Gasteiger partial charge in [-0.2, -0.15) is 0 Å². The predicted molar refractivity (Wildman–Crippen MR) is 83.9 cm³/mol. The molecule has 0 bridgehead atoms. The number of aliphatic hydroxyl groups is 1. The summed E-state index contributed by atoms with van der Waals surface area (Å²) in [6, 6.07) is 6.65. The third kappa shape index (κ3) is 3.89. The van der Waals surface area contributed by atoms with E-state index in [1.807, 2.05) is 12.1 Å². The molecule has 118 valence electrons. The Morgan fingerprint density at radius 3 is 2.57 bits per heavy atom. The average molecular weight is 293 g/mol. The minimum Gasteiger partial charge on any atom is -0.493 e. The van der Waals surface area contributed by atoms with Gasteiger partial charge in [-0.25, -0.2) is 0 Å². The highest BCUT2D eigenvalue weighted by Gasteiger charge is 2.25. The maximum absolute atomic E-state index is 9.52. The largest absolute Gasteiger partial charge is 0.493 e. The van der Waals surface area contributed by atoms with Gasteiger partial charge in [0.2, 0.25) is 0 Å². The maximum atomic E-state index is 9.52. The molecule has 3 atom stereocenters. The number of nitrogens with one attached hydrogen (secondary N) is 1. The summed E-state index contributed by atoms with van der Waals surface area (Å²) >= 11 is 0. The van der Waals surface area contributed by atoms with Crippen molar-refractivity contribution < 1.29 is 14.6 Å². The Labute approximate surface area is 127 Å². The summed E-state index contributed by atoms with van der Waals surface area (Å²) in [5.74, 6) is 1.88. The monoisotopic (exact) mass is 293 g/mol. The topological polar surface area (TPSA) is 50.7 Å². The molecule has 1 fully saturated rings. The minimum absolute atomic E-state index is 0.224. The van der Waals surface area contributed by atoms with Gasteiger partial charge in [-0.15, -0.1) is 0 Å². The van der Waals surface area contributed by atoms with Gasteiger partial charge in [-0.05, 0) is 43.4 Å². The molecular weight excluding hydrogens is 266 g/mol. The van der Waals surface area contributed by atoms with E-state index < -0.39 is 0 Å². The van der Waals surface area contributed by atoms with Gasteiger partial charge >= 0.3 is 0 Å². The summed E-state index contributed by atoms with van der Waals surface area (Å²) in [7, 11) is 3.30. The van der Waals surface area contributed by atoms with Crippen LogP contribution in [0.15, 0.2) is 18.2 Å². The summed E-state index contributed by atoms with van der Waals surface area (Å²) < 4.78 is 10.6. The Kier molecular flexibility index (Phi) is 5.88. The molecule has 4 nitrogen and oxygen atoms in total. The van der Waals surface area contributed by atoms with E-state index in [1.54, 1.807) is 14.2 Å². The van der Waals surface area contributed by atoms with Crippen molar-refractivity contribution >= 4 is 0 Å². The molecule has 0 amide bonds. The molecule has 4 heteroatoms. The fraction of sp³-hybridized carbons (Fsp3) is 0.647. The number of rotatable bonds is 6. The van der Waals surface area contributed by atoms with E-state index in [0.29, 0.717) is 12.0 Å². The molecule has 0 aliphatic heterocycles. The molecule has 1 aromatic rings. The number of aliphatic hydroxyl groups excluding tert-OH is 1. The highest BCUT2D eigenvalue weighted by Crippen LogP contribution is 2.31. The molecule has 1 aliphatic rings. The van der Waals surface area contributed by atoms with E-state index in [1.165, 1.54) is 18.4 Å². The Morgan fingerprint density at radius 1 is 1.19 bits per heavy atom. The molecule has 2 N–H and O–H groups in total. The zero-order valence-electron chi connectivity index (χ0n) is 13.3. The summed E-state index contributed by atoms with van der Waals surface area (Å²) in [5.41, 5.74) is 1.18. The lowest BCUT2D eigenvalue weighted by atomic mass is 9.84. The van der Waals surface area contributed by atoms with Crippen LogP contribution in [0.5, 0.6) is 11.5 Å². The van der Waals surface area contributed by atoms with Crippen LogP contribution in [0.4, 0.5) is 0 Å². The van der Waals surface area contributed by atoms with Gasteiger partial charge in [0, 0.05) is 18.7 Å². The Bertz CT molecular complexity index is 450. The van der Waals surface area contributed by atoms with E-state index in [-0.39, 0.29) is 12.6 Å². The summed E-state index contributed by atoms with van der Waals surface area (Å²) in [6.45, 7) is 2.43. The smallest absolute Gasteiger partial charge is 0.161 e. The van der Waals surface area contributed by atoms with Crippen LogP contribution in [0.25, 0.3) is 0 Å². The van der Waals surface area contributed by atoms with Crippen LogP contribution in [-0.4, -0.2) is 32.0 Å². The lowest BCUT2D eigenvalue weighted by Crippen LogP contribution is -2.41. The second-order valence-corrected chi connectivity index (χ2v) is 5.84. The molecule has 2 rings (SSSR count). The van der Waals surface area contributed by atoms with Crippen molar-refractivity contribution in [1.29, 1.82) is 0 Å². The zero-order valence-corrected chi connectivity index (χ0v) is 13.3. The number of hydrogen-bond donors (Lipinski definition) is 2. The van der Waals surface area contributed by atoms with Gasteiger partial charge in [0.15, 0.2) is 11.5 Å². The first kappa shape index (κ1) is 16.1. The highest BCUT2D eigenvalue weighted by molar-refractivity contribution is 5.43. The first-order valence-electron chi connectivity index (χ1n) is 7.78. The molecule has 1 aliphatic carbocycles. The molecule has 0 heterocycles. The normalized spacial score (nSPS) is 23.6. The molecule has 1 saturated carbocycles. The minimum atomic E-state index is 0.224. The van der Waals surface area contributed by atoms with E-state index in [2.05, 4.69) is 18.3 Å². The molecular formula is C17H27NO3. The molecule has 3 unspecified atom stereocenters. The van der Waals surface area contributed by atoms with Crippen LogP contribution in [0, 0.1) is 5.92 Å². The second-order valence-electron chi connectivity index (χ2n) is 5.84. The molecule has 21 heavy (non-hydrogen) atoms. The Balaban J connectivity index is 2.07. The van der Waals surface area contributed by atoms with Gasteiger partial charge in [-0.3, -0.25) is 0 Å². The van der Waals surface area contributed by atoms with E-state index in [0.717, 1.165) is 24.3 Å². The first-order chi connectivity index (χ1) is 10.2. The SMILES string of the molecule is COc1ccc(C(C)NC2CCCCC2CO)cc1OC. The van der Waals surface area contributed by atoms with Crippen molar-refractivity contribution in [3.63, 3.8) is 0 Å².